The summed E-state index contributed by atoms with van der Waals surface area (Å²) in [5.41, 5.74) is 3.22. The molecule has 244 valence electrons. The average Bonchev–Trinajstić information content (AvgIpc) is 3.10. The van der Waals surface area contributed by atoms with Crippen LogP contribution in [0.5, 0.6) is 0 Å². The normalized spacial score (nSPS) is 13.9. The number of aromatic amines is 1. The third kappa shape index (κ3) is 10.1. The third-order valence-corrected chi connectivity index (χ3v) is 8.98. The maximum atomic E-state index is 13.4. The van der Waals surface area contributed by atoms with Crippen LogP contribution in [0.3, 0.4) is 0 Å². The van der Waals surface area contributed by atoms with E-state index in [1.165, 1.54) is 16.3 Å². The molecular weight excluding hydrogens is 612 g/mol. The molecule has 4 atom stereocenters. The van der Waals surface area contributed by atoms with E-state index in [-0.39, 0.29) is 19.8 Å². The number of aryl methyl sites for hydroxylation is 1. The van der Waals surface area contributed by atoms with Gasteiger partial charge in [-0.05, 0) is 29.2 Å². The summed E-state index contributed by atoms with van der Waals surface area (Å²) in [4.78, 5) is 28.3. The number of hydrogen-bond acceptors (Lipinski definition) is 7. The Morgan fingerprint density at radius 3 is 1.68 bits per heavy atom. The molecule has 1 heterocycles. The summed E-state index contributed by atoms with van der Waals surface area (Å²) in [5.74, 6) is 0.535. The van der Waals surface area contributed by atoms with Gasteiger partial charge in [-0.15, -0.1) is 11.8 Å². The molecule has 1 aromatic heterocycles. The third-order valence-electron chi connectivity index (χ3n) is 7.64. The zero-order valence-electron chi connectivity index (χ0n) is 26.3. The van der Waals surface area contributed by atoms with Crippen LogP contribution in [-0.2, 0) is 39.8 Å². The molecule has 4 aromatic carbocycles. The van der Waals surface area contributed by atoms with Crippen LogP contribution in [0.4, 0.5) is 0 Å². The lowest BCUT2D eigenvalue weighted by molar-refractivity contribution is -0.152. The van der Waals surface area contributed by atoms with E-state index in [2.05, 4.69) is 4.98 Å². The first-order valence-corrected chi connectivity index (χ1v) is 16.6. The van der Waals surface area contributed by atoms with Crippen LogP contribution >= 0.6 is 11.8 Å². The number of aliphatic hydroxyl groups is 1. The zero-order chi connectivity index (χ0) is 32.8. The Morgan fingerprint density at radius 2 is 1.15 bits per heavy atom. The van der Waals surface area contributed by atoms with Crippen molar-refractivity contribution in [3.05, 3.63) is 176 Å². The molecule has 0 aliphatic heterocycles. The molecule has 5 aromatic rings. The highest BCUT2D eigenvalue weighted by Gasteiger charge is 2.38. The van der Waals surface area contributed by atoms with Crippen molar-refractivity contribution in [2.75, 3.05) is 6.61 Å². The van der Waals surface area contributed by atoms with Gasteiger partial charge < -0.3 is 19.3 Å². The summed E-state index contributed by atoms with van der Waals surface area (Å²) < 4.78 is 20.7. The van der Waals surface area contributed by atoms with Crippen LogP contribution in [0.1, 0.15) is 33.2 Å². The number of benzene rings is 4. The van der Waals surface area contributed by atoms with Crippen molar-refractivity contribution in [3.8, 4) is 0 Å². The second-order valence-corrected chi connectivity index (χ2v) is 12.4. The first-order chi connectivity index (χ1) is 23.0. The molecule has 0 bridgehead atoms. The summed E-state index contributed by atoms with van der Waals surface area (Å²) in [7, 11) is 0. The van der Waals surface area contributed by atoms with Crippen LogP contribution in [0.2, 0.25) is 0 Å². The van der Waals surface area contributed by atoms with Crippen molar-refractivity contribution < 1.29 is 19.3 Å². The summed E-state index contributed by atoms with van der Waals surface area (Å²) in [5, 5.41) is 11.1. The van der Waals surface area contributed by atoms with Crippen molar-refractivity contribution in [1.29, 1.82) is 0 Å². The van der Waals surface area contributed by atoms with Gasteiger partial charge in [0.1, 0.15) is 23.7 Å². The Hall–Kier alpha value is -4.25. The minimum atomic E-state index is -1.12. The summed E-state index contributed by atoms with van der Waals surface area (Å²) in [6.07, 6.45) is -1.36. The van der Waals surface area contributed by atoms with E-state index in [0.717, 1.165) is 22.3 Å². The molecule has 47 heavy (non-hydrogen) atoms. The van der Waals surface area contributed by atoms with Crippen molar-refractivity contribution >= 4 is 11.8 Å². The van der Waals surface area contributed by atoms with E-state index >= 15 is 0 Å². The summed E-state index contributed by atoms with van der Waals surface area (Å²) in [6.45, 7) is 2.33. The molecule has 0 saturated heterocycles. The quantitative estimate of drug-likeness (QED) is 0.127. The molecule has 0 amide bonds. The van der Waals surface area contributed by atoms with E-state index in [0.29, 0.717) is 17.9 Å². The van der Waals surface area contributed by atoms with Crippen molar-refractivity contribution in [3.63, 3.8) is 0 Å². The van der Waals surface area contributed by atoms with E-state index in [1.807, 2.05) is 121 Å². The Kier molecular flexibility index (Phi) is 12.8. The topological polar surface area (TPSA) is 103 Å². The highest BCUT2D eigenvalue weighted by Crippen LogP contribution is 2.35. The molecule has 0 aliphatic rings. The molecule has 0 saturated carbocycles. The molecule has 0 aliphatic carbocycles. The van der Waals surface area contributed by atoms with Crippen molar-refractivity contribution in [2.45, 2.75) is 56.2 Å². The van der Waals surface area contributed by atoms with Crippen LogP contribution in [0.15, 0.2) is 137 Å². The molecule has 5 rings (SSSR count). The maximum Gasteiger partial charge on any atom is 0.329 e. The average molecular weight is 653 g/mol. The van der Waals surface area contributed by atoms with Gasteiger partial charge in [0, 0.05) is 17.5 Å². The lowest BCUT2D eigenvalue weighted by atomic mass is 10.1. The van der Waals surface area contributed by atoms with Crippen LogP contribution in [0.25, 0.3) is 0 Å². The van der Waals surface area contributed by atoms with Gasteiger partial charge in [0.05, 0.1) is 26.4 Å². The highest BCUT2D eigenvalue weighted by atomic mass is 32.2. The molecule has 8 nitrogen and oxygen atoms in total. The molecule has 0 radical (unpaired) electrons. The number of nitrogens with one attached hydrogen (secondary N) is 1. The number of aromatic nitrogens is 2. The largest absolute Gasteiger partial charge is 0.388 e. The second-order valence-electron chi connectivity index (χ2n) is 11.3. The van der Waals surface area contributed by atoms with Gasteiger partial charge >= 0.3 is 5.69 Å². The Morgan fingerprint density at radius 1 is 0.681 bits per heavy atom. The Bertz CT molecular complexity index is 1750. The number of thioether (sulfide) groups is 1. The minimum absolute atomic E-state index is 0.0326. The highest BCUT2D eigenvalue weighted by molar-refractivity contribution is 7.98. The molecule has 0 unspecified atom stereocenters. The number of H-pyrrole nitrogens is 1. The van der Waals surface area contributed by atoms with Crippen molar-refractivity contribution in [2.24, 2.45) is 0 Å². The lowest BCUT2D eigenvalue weighted by Crippen LogP contribution is -2.49. The standard InChI is InChI=1S/C38H40N2O6S/c1-28-22-40(38(43)39-36(28)42)37(47-27-32-20-12-5-13-21-32)35(46-25-31-18-10-4-11-19-31)34(45-24-30-16-8-3-9-17-30)33(41)26-44-23-29-14-6-2-7-15-29/h2-22,33-35,37,41H,23-27H2,1H3,(H,39,42,43)/t33-,34+,35-,37+/m1/s1. The van der Waals surface area contributed by atoms with E-state index < -0.39 is 34.9 Å². The number of ether oxygens (including phenoxy) is 3. The monoisotopic (exact) mass is 652 g/mol. The fraction of sp³-hybridized carbons (Fsp3) is 0.263. The van der Waals surface area contributed by atoms with Crippen LogP contribution in [0, 0.1) is 6.92 Å². The fourth-order valence-corrected chi connectivity index (χ4v) is 6.42. The lowest BCUT2D eigenvalue weighted by Gasteiger charge is -2.36. The second kappa shape index (κ2) is 17.6. The minimum Gasteiger partial charge on any atom is -0.388 e. The Balaban J connectivity index is 1.52. The van der Waals surface area contributed by atoms with Gasteiger partial charge in [-0.3, -0.25) is 14.3 Å². The van der Waals surface area contributed by atoms with Gasteiger partial charge in [-0.1, -0.05) is 121 Å². The molecule has 0 fully saturated rings. The van der Waals surface area contributed by atoms with Gasteiger partial charge in [0.2, 0.25) is 0 Å². The summed E-state index contributed by atoms with van der Waals surface area (Å²) >= 11 is 1.47. The predicted octanol–water partition coefficient (Wildman–Crippen LogP) is 6.03. The molecule has 0 spiro atoms. The Labute approximate surface area is 279 Å². The molecular formula is C38H40N2O6S. The predicted molar refractivity (Wildman–Crippen MR) is 185 cm³/mol. The van der Waals surface area contributed by atoms with Crippen LogP contribution in [-0.4, -0.2) is 39.6 Å². The number of nitrogens with zero attached hydrogens (tertiary/aromatic N) is 1. The van der Waals surface area contributed by atoms with Gasteiger partial charge in [0.25, 0.3) is 5.56 Å². The SMILES string of the molecule is Cc1cn([C@@H](SCc2ccccc2)[C@H](OCc2ccccc2)[C@@H](OCc2ccccc2)[C@H](O)COCc2ccccc2)c(=O)[nH]c1=O. The molecule has 9 heteroatoms. The number of aliphatic hydroxyl groups excluding tert-OH is 1. The van der Waals surface area contributed by atoms with E-state index in [9.17, 15) is 14.7 Å². The fourth-order valence-electron chi connectivity index (χ4n) is 5.13. The smallest absolute Gasteiger partial charge is 0.329 e. The first kappa shape index (κ1) is 34.1. The van der Waals surface area contributed by atoms with E-state index in [1.54, 1.807) is 13.1 Å². The molecule has 2 N–H and O–H groups in total. The maximum absolute atomic E-state index is 13.4. The van der Waals surface area contributed by atoms with Gasteiger partial charge in [-0.2, -0.15) is 0 Å². The van der Waals surface area contributed by atoms with Gasteiger partial charge in [0.15, 0.2) is 0 Å². The number of hydrogen-bond donors (Lipinski definition) is 2. The van der Waals surface area contributed by atoms with Gasteiger partial charge in [-0.25, -0.2) is 4.79 Å². The summed E-state index contributed by atoms with van der Waals surface area (Å²) in [6, 6.07) is 39.0. The first-order valence-electron chi connectivity index (χ1n) is 15.6. The van der Waals surface area contributed by atoms with Crippen molar-refractivity contribution in [1.82, 2.24) is 9.55 Å². The van der Waals surface area contributed by atoms with E-state index in [4.69, 9.17) is 14.2 Å². The zero-order valence-corrected chi connectivity index (χ0v) is 27.1. The number of rotatable bonds is 17. The van der Waals surface area contributed by atoms with Crippen LogP contribution < -0.4 is 11.2 Å².